The van der Waals surface area contributed by atoms with Crippen LogP contribution in [-0.4, -0.2) is 41.1 Å². The van der Waals surface area contributed by atoms with E-state index in [4.69, 9.17) is 5.11 Å². The summed E-state index contributed by atoms with van der Waals surface area (Å²) in [4.78, 5) is 15.1. The molecular weight excluding hydrogens is 290 g/mol. The highest BCUT2D eigenvalue weighted by atomic mass is 32.2. The van der Waals surface area contributed by atoms with E-state index in [2.05, 4.69) is 20.3 Å². The first kappa shape index (κ1) is 13.5. The van der Waals surface area contributed by atoms with Gasteiger partial charge in [-0.2, -0.15) is 9.61 Å². The Hall–Kier alpha value is -2.48. The number of thioether (sulfide) groups is 1. The van der Waals surface area contributed by atoms with Gasteiger partial charge >= 0.3 is 5.97 Å². The number of hydrogen-bond acceptors (Lipinski definition) is 6. The molecule has 0 saturated heterocycles. The molecule has 0 bridgehead atoms. The summed E-state index contributed by atoms with van der Waals surface area (Å²) in [5.74, 6) is -0.355. The topological polar surface area (TPSA) is 93.3 Å². The molecule has 8 heteroatoms. The molecular formula is C13H11N5O2S. The van der Waals surface area contributed by atoms with Gasteiger partial charge in [-0.05, 0) is 31.2 Å². The van der Waals surface area contributed by atoms with E-state index in [0.29, 0.717) is 22.2 Å². The molecule has 0 aromatic carbocycles. The Balaban J connectivity index is 2.02. The van der Waals surface area contributed by atoms with E-state index in [9.17, 15) is 4.79 Å². The van der Waals surface area contributed by atoms with Gasteiger partial charge in [-0.25, -0.2) is 0 Å². The van der Waals surface area contributed by atoms with Crippen LogP contribution in [0.5, 0.6) is 0 Å². The van der Waals surface area contributed by atoms with Crippen LogP contribution in [0.4, 0.5) is 0 Å². The molecule has 3 heterocycles. The molecule has 7 nitrogen and oxygen atoms in total. The van der Waals surface area contributed by atoms with E-state index in [1.807, 2.05) is 18.2 Å². The fourth-order valence-corrected chi connectivity index (χ4v) is 2.46. The third kappa shape index (κ3) is 2.70. The van der Waals surface area contributed by atoms with Crippen molar-refractivity contribution in [2.45, 2.75) is 17.2 Å². The third-order valence-electron chi connectivity index (χ3n) is 2.78. The van der Waals surface area contributed by atoms with Crippen molar-refractivity contribution in [1.82, 2.24) is 24.8 Å². The molecule has 0 aliphatic rings. The van der Waals surface area contributed by atoms with Crippen molar-refractivity contribution in [3.63, 3.8) is 0 Å². The number of rotatable bonds is 4. The lowest BCUT2D eigenvalue weighted by molar-refractivity contribution is -0.136. The molecule has 0 amide bonds. The fourth-order valence-electron chi connectivity index (χ4n) is 1.72. The Labute approximate surface area is 124 Å². The summed E-state index contributed by atoms with van der Waals surface area (Å²) >= 11 is 1.17. The van der Waals surface area contributed by atoms with Gasteiger partial charge in [0.15, 0.2) is 5.65 Å². The molecule has 0 fully saturated rings. The predicted octanol–water partition coefficient (Wildman–Crippen LogP) is 1.75. The minimum absolute atomic E-state index is 0.524. The largest absolute Gasteiger partial charge is 0.480 e. The maximum Gasteiger partial charge on any atom is 0.316 e. The Morgan fingerprint density at radius 3 is 2.86 bits per heavy atom. The fraction of sp³-hybridized carbons (Fsp3) is 0.154. The van der Waals surface area contributed by atoms with E-state index in [1.165, 1.54) is 11.8 Å². The summed E-state index contributed by atoms with van der Waals surface area (Å²) in [6.07, 6.45) is 1.67. The molecule has 0 radical (unpaired) electrons. The molecule has 3 aromatic heterocycles. The lowest BCUT2D eigenvalue weighted by Gasteiger charge is -2.05. The number of nitrogens with zero attached hydrogens (tertiary/aromatic N) is 5. The minimum Gasteiger partial charge on any atom is -0.480 e. The molecule has 0 saturated carbocycles. The molecule has 21 heavy (non-hydrogen) atoms. The number of pyridine rings is 1. The van der Waals surface area contributed by atoms with Crippen molar-refractivity contribution < 1.29 is 9.90 Å². The highest BCUT2D eigenvalue weighted by Gasteiger charge is 2.15. The van der Waals surface area contributed by atoms with E-state index in [-0.39, 0.29) is 0 Å². The van der Waals surface area contributed by atoms with Crippen molar-refractivity contribution in [1.29, 1.82) is 0 Å². The van der Waals surface area contributed by atoms with Gasteiger partial charge in [-0.15, -0.1) is 10.2 Å². The Bertz CT molecular complexity index is 790. The zero-order chi connectivity index (χ0) is 14.8. The molecule has 1 N–H and O–H groups in total. The van der Waals surface area contributed by atoms with Gasteiger partial charge in [0.05, 0.1) is 0 Å². The van der Waals surface area contributed by atoms with Crippen molar-refractivity contribution in [3.05, 3.63) is 36.5 Å². The minimum atomic E-state index is -0.879. The molecule has 106 valence electrons. The van der Waals surface area contributed by atoms with E-state index >= 15 is 0 Å². The zero-order valence-electron chi connectivity index (χ0n) is 11.0. The lowest BCUT2D eigenvalue weighted by atomic mass is 10.3. The van der Waals surface area contributed by atoms with Crippen LogP contribution in [-0.2, 0) is 4.79 Å². The van der Waals surface area contributed by atoms with Gasteiger partial charge in [0.1, 0.15) is 16.0 Å². The Morgan fingerprint density at radius 2 is 2.14 bits per heavy atom. The van der Waals surface area contributed by atoms with E-state index in [0.717, 1.165) is 0 Å². The number of hydrogen-bond donors (Lipinski definition) is 1. The molecule has 0 spiro atoms. The second kappa shape index (κ2) is 5.49. The van der Waals surface area contributed by atoms with Gasteiger partial charge in [0.25, 0.3) is 0 Å². The Kier molecular flexibility index (Phi) is 3.53. The highest BCUT2D eigenvalue weighted by Crippen LogP contribution is 2.22. The first-order valence-electron chi connectivity index (χ1n) is 6.18. The number of fused-ring (bicyclic) bond motifs is 1. The van der Waals surface area contributed by atoms with Crippen molar-refractivity contribution in [2.24, 2.45) is 0 Å². The second-order valence-electron chi connectivity index (χ2n) is 4.28. The van der Waals surface area contributed by atoms with Crippen LogP contribution in [0.2, 0.25) is 0 Å². The molecule has 3 aromatic rings. The first-order valence-corrected chi connectivity index (χ1v) is 7.06. The van der Waals surface area contributed by atoms with Crippen LogP contribution in [0.3, 0.4) is 0 Å². The smallest absolute Gasteiger partial charge is 0.316 e. The summed E-state index contributed by atoms with van der Waals surface area (Å²) < 4.78 is 1.57. The van der Waals surface area contributed by atoms with Crippen LogP contribution in [0.15, 0.2) is 41.6 Å². The van der Waals surface area contributed by atoms with Gasteiger partial charge in [-0.1, -0.05) is 17.8 Å². The first-order chi connectivity index (χ1) is 10.1. The number of carboxylic acid groups (broad SMARTS) is 1. The van der Waals surface area contributed by atoms with Crippen LogP contribution in [0, 0.1) is 0 Å². The average Bonchev–Trinajstić information content (AvgIpc) is 2.91. The summed E-state index contributed by atoms with van der Waals surface area (Å²) in [5.41, 5.74) is 1.24. The Morgan fingerprint density at radius 1 is 1.29 bits per heavy atom. The molecule has 0 aliphatic heterocycles. The summed E-state index contributed by atoms with van der Waals surface area (Å²) in [5, 5.41) is 21.5. The number of aliphatic carboxylic acids is 1. The van der Waals surface area contributed by atoms with Gasteiger partial charge in [0, 0.05) is 6.20 Å². The summed E-state index contributed by atoms with van der Waals surface area (Å²) in [6.45, 7) is 1.62. The maximum absolute atomic E-state index is 10.9. The van der Waals surface area contributed by atoms with E-state index in [1.54, 1.807) is 29.8 Å². The second-order valence-corrected chi connectivity index (χ2v) is 5.64. The molecule has 1 atom stereocenters. The molecule has 0 unspecified atom stereocenters. The van der Waals surface area contributed by atoms with Gasteiger partial charge in [-0.3, -0.25) is 9.78 Å². The SMILES string of the molecule is C[C@H](Sc1ccc2nnc(-c3ccccn3)n2n1)C(=O)O. The predicted molar refractivity (Wildman–Crippen MR) is 77.0 cm³/mol. The standard InChI is InChI=1S/C13H11N5O2S/c1-8(13(19)20)21-11-6-5-10-15-16-12(18(10)17-11)9-4-2-3-7-14-9/h2-8H,1H3,(H,19,20)/t8-/m0/s1. The molecule has 3 rings (SSSR count). The highest BCUT2D eigenvalue weighted by molar-refractivity contribution is 8.00. The normalized spacial score (nSPS) is 12.4. The third-order valence-corrected chi connectivity index (χ3v) is 3.79. The van der Waals surface area contributed by atoms with Crippen molar-refractivity contribution in [3.8, 4) is 11.5 Å². The maximum atomic E-state index is 10.9. The quantitative estimate of drug-likeness (QED) is 0.734. The monoisotopic (exact) mass is 301 g/mol. The molecule has 0 aliphatic carbocycles. The van der Waals surface area contributed by atoms with Crippen LogP contribution >= 0.6 is 11.8 Å². The summed E-state index contributed by atoms with van der Waals surface area (Å²) in [6, 6.07) is 8.97. The number of carbonyl (C=O) groups is 1. The van der Waals surface area contributed by atoms with Crippen molar-refractivity contribution in [2.75, 3.05) is 0 Å². The van der Waals surface area contributed by atoms with Crippen molar-refractivity contribution >= 4 is 23.4 Å². The average molecular weight is 301 g/mol. The number of aromatic nitrogens is 5. The van der Waals surface area contributed by atoms with Crippen LogP contribution in [0.25, 0.3) is 17.2 Å². The van der Waals surface area contributed by atoms with E-state index < -0.39 is 11.2 Å². The van der Waals surface area contributed by atoms with Crippen LogP contribution in [0.1, 0.15) is 6.92 Å². The summed E-state index contributed by atoms with van der Waals surface area (Å²) in [7, 11) is 0. The van der Waals surface area contributed by atoms with Gasteiger partial charge < -0.3 is 5.11 Å². The van der Waals surface area contributed by atoms with Crippen LogP contribution < -0.4 is 0 Å². The number of carboxylic acids is 1. The zero-order valence-corrected chi connectivity index (χ0v) is 11.9. The lowest BCUT2D eigenvalue weighted by Crippen LogP contribution is -2.11. The van der Waals surface area contributed by atoms with Gasteiger partial charge in [0.2, 0.25) is 5.82 Å².